The van der Waals surface area contributed by atoms with Crippen molar-refractivity contribution in [1.29, 1.82) is 0 Å². The minimum atomic E-state index is -0.0341. The van der Waals surface area contributed by atoms with Crippen LogP contribution in [-0.4, -0.2) is 11.2 Å². The Morgan fingerprint density at radius 2 is 2.36 bits per heavy atom. The number of aliphatic hydroxyl groups excluding tert-OH is 1. The van der Waals surface area contributed by atoms with Crippen molar-refractivity contribution in [3.8, 4) is 0 Å². The van der Waals surface area contributed by atoms with E-state index in [4.69, 9.17) is 0 Å². The molecule has 0 aromatic rings. The number of allylic oxidation sites excluding steroid dienone is 1. The zero-order valence-corrected chi connectivity index (χ0v) is 6.92. The van der Waals surface area contributed by atoms with Crippen LogP contribution in [0.1, 0.15) is 32.1 Å². The lowest BCUT2D eigenvalue weighted by atomic mass is 10.00. The van der Waals surface area contributed by atoms with Crippen molar-refractivity contribution in [2.24, 2.45) is 5.92 Å². The summed E-state index contributed by atoms with van der Waals surface area (Å²) >= 11 is 0. The summed E-state index contributed by atoms with van der Waals surface area (Å²) < 4.78 is 0. The second-order valence-electron chi connectivity index (χ2n) is 3.24. The third kappa shape index (κ3) is 2.53. The molecule has 1 heteroatoms. The van der Waals surface area contributed by atoms with E-state index >= 15 is 0 Å². The Hall–Kier alpha value is -0.520. The Labute approximate surface area is 68.4 Å². The van der Waals surface area contributed by atoms with E-state index in [1.165, 1.54) is 12.8 Å². The first kappa shape index (κ1) is 8.58. The zero-order chi connectivity index (χ0) is 8.10. The number of hydrogen-bond acceptors (Lipinski definition) is 1. The highest BCUT2D eigenvalue weighted by Gasteiger charge is 2.23. The SMILES string of the molecule is C=C=CCC[C@@H]1CCC[C@@H]1O. The summed E-state index contributed by atoms with van der Waals surface area (Å²) in [6.45, 7) is 3.50. The Morgan fingerprint density at radius 1 is 1.55 bits per heavy atom. The third-order valence-electron chi connectivity index (χ3n) is 2.45. The van der Waals surface area contributed by atoms with Gasteiger partial charge < -0.3 is 5.11 Å². The molecule has 0 saturated heterocycles. The lowest BCUT2D eigenvalue weighted by Crippen LogP contribution is -2.12. The lowest BCUT2D eigenvalue weighted by molar-refractivity contribution is 0.128. The minimum Gasteiger partial charge on any atom is -0.393 e. The van der Waals surface area contributed by atoms with E-state index in [9.17, 15) is 5.11 Å². The van der Waals surface area contributed by atoms with Gasteiger partial charge in [-0.2, -0.15) is 0 Å². The molecule has 1 aliphatic carbocycles. The molecule has 1 rings (SSSR count). The van der Waals surface area contributed by atoms with Crippen molar-refractivity contribution in [2.45, 2.75) is 38.2 Å². The highest BCUT2D eigenvalue weighted by atomic mass is 16.3. The first-order valence-electron chi connectivity index (χ1n) is 4.37. The predicted molar refractivity (Wildman–Crippen MR) is 46.3 cm³/mol. The summed E-state index contributed by atoms with van der Waals surface area (Å²) in [6, 6.07) is 0. The van der Waals surface area contributed by atoms with Crippen LogP contribution >= 0.6 is 0 Å². The van der Waals surface area contributed by atoms with Gasteiger partial charge in [-0.25, -0.2) is 0 Å². The molecule has 0 aliphatic heterocycles. The largest absolute Gasteiger partial charge is 0.393 e. The molecule has 0 radical (unpaired) electrons. The quantitative estimate of drug-likeness (QED) is 0.615. The van der Waals surface area contributed by atoms with Gasteiger partial charge in [-0.05, 0) is 37.7 Å². The van der Waals surface area contributed by atoms with Crippen LogP contribution in [0.25, 0.3) is 0 Å². The van der Waals surface area contributed by atoms with Crippen LogP contribution < -0.4 is 0 Å². The van der Waals surface area contributed by atoms with E-state index in [0.717, 1.165) is 19.3 Å². The maximum atomic E-state index is 9.44. The maximum absolute atomic E-state index is 9.44. The van der Waals surface area contributed by atoms with Crippen molar-refractivity contribution in [2.75, 3.05) is 0 Å². The highest BCUT2D eigenvalue weighted by molar-refractivity contribution is 4.81. The predicted octanol–water partition coefficient (Wildman–Crippen LogP) is 2.27. The molecule has 1 N–H and O–H groups in total. The Kier molecular flexibility index (Phi) is 3.41. The van der Waals surface area contributed by atoms with E-state index in [0.29, 0.717) is 5.92 Å². The molecule has 1 saturated carbocycles. The average molecular weight is 152 g/mol. The number of aliphatic hydroxyl groups is 1. The molecule has 0 spiro atoms. The molecule has 2 atom stereocenters. The molecule has 1 aliphatic rings. The molecule has 11 heavy (non-hydrogen) atoms. The number of rotatable bonds is 3. The molecule has 1 nitrogen and oxygen atoms in total. The van der Waals surface area contributed by atoms with Crippen LogP contribution in [0.15, 0.2) is 18.4 Å². The Bertz CT molecular complexity index is 156. The third-order valence-corrected chi connectivity index (χ3v) is 2.45. The van der Waals surface area contributed by atoms with Crippen LogP contribution in [0.4, 0.5) is 0 Å². The zero-order valence-electron chi connectivity index (χ0n) is 6.92. The molecule has 62 valence electrons. The van der Waals surface area contributed by atoms with Crippen molar-refractivity contribution < 1.29 is 5.11 Å². The van der Waals surface area contributed by atoms with E-state index in [2.05, 4.69) is 12.3 Å². The standard InChI is InChI=1S/C10H16O/c1-2-3-4-6-9-7-5-8-10(9)11/h3,9-11H,1,4-8H2/t9-,10+/m1/s1. The summed E-state index contributed by atoms with van der Waals surface area (Å²) in [4.78, 5) is 0. The maximum Gasteiger partial charge on any atom is 0.0568 e. The summed E-state index contributed by atoms with van der Waals surface area (Å²) in [5, 5.41) is 9.44. The van der Waals surface area contributed by atoms with Gasteiger partial charge in [0.15, 0.2) is 0 Å². The first-order chi connectivity index (χ1) is 5.34. The van der Waals surface area contributed by atoms with E-state index in [1.54, 1.807) is 0 Å². The average Bonchev–Trinajstić information content (AvgIpc) is 2.37. The van der Waals surface area contributed by atoms with E-state index < -0.39 is 0 Å². The molecule has 0 aromatic heterocycles. The van der Waals surface area contributed by atoms with Crippen LogP contribution in [0, 0.1) is 5.92 Å². The van der Waals surface area contributed by atoms with Gasteiger partial charge >= 0.3 is 0 Å². The number of hydrogen-bond donors (Lipinski definition) is 1. The second kappa shape index (κ2) is 4.38. The van der Waals surface area contributed by atoms with Gasteiger partial charge in [0.25, 0.3) is 0 Å². The van der Waals surface area contributed by atoms with Gasteiger partial charge in [0.2, 0.25) is 0 Å². The Morgan fingerprint density at radius 3 is 2.91 bits per heavy atom. The first-order valence-corrected chi connectivity index (χ1v) is 4.37. The van der Waals surface area contributed by atoms with Gasteiger partial charge in [-0.15, -0.1) is 5.73 Å². The molecule has 0 amide bonds. The lowest BCUT2D eigenvalue weighted by Gasteiger charge is -2.11. The highest BCUT2D eigenvalue weighted by Crippen LogP contribution is 2.29. The fourth-order valence-corrected chi connectivity index (χ4v) is 1.75. The van der Waals surface area contributed by atoms with E-state index in [1.807, 2.05) is 6.08 Å². The van der Waals surface area contributed by atoms with Crippen molar-refractivity contribution in [3.63, 3.8) is 0 Å². The van der Waals surface area contributed by atoms with Gasteiger partial charge in [0.1, 0.15) is 0 Å². The van der Waals surface area contributed by atoms with Crippen molar-refractivity contribution in [1.82, 2.24) is 0 Å². The molecule has 1 fully saturated rings. The smallest absolute Gasteiger partial charge is 0.0568 e. The normalized spacial score (nSPS) is 29.9. The summed E-state index contributed by atoms with van der Waals surface area (Å²) in [5.74, 6) is 0.541. The topological polar surface area (TPSA) is 20.2 Å². The fourth-order valence-electron chi connectivity index (χ4n) is 1.75. The molecule has 0 aromatic carbocycles. The molecule has 0 bridgehead atoms. The van der Waals surface area contributed by atoms with Gasteiger partial charge in [-0.3, -0.25) is 0 Å². The molecular weight excluding hydrogens is 136 g/mol. The van der Waals surface area contributed by atoms with Crippen molar-refractivity contribution in [3.05, 3.63) is 18.4 Å². The fraction of sp³-hybridized carbons (Fsp3) is 0.700. The summed E-state index contributed by atoms with van der Waals surface area (Å²) in [5.41, 5.74) is 2.75. The van der Waals surface area contributed by atoms with Crippen LogP contribution in [0.5, 0.6) is 0 Å². The molecule has 0 unspecified atom stereocenters. The van der Waals surface area contributed by atoms with E-state index in [-0.39, 0.29) is 6.10 Å². The Balaban J connectivity index is 2.20. The van der Waals surface area contributed by atoms with Crippen molar-refractivity contribution >= 4 is 0 Å². The summed E-state index contributed by atoms with van der Waals surface area (Å²) in [7, 11) is 0. The molecule has 0 heterocycles. The molecular formula is C10H16O. The summed E-state index contributed by atoms with van der Waals surface area (Å²) in [6.07, 6.45) is 7.44. The van der Waals surface area contributed by atoms with Gasteiger partial charge in [-0.1, -0.05) is 13.0 Å². The van der Waals surface area contributed by atoms with Crippen LogP contribution in [-0.2, 0) is 0 Å². The monoisotopic (exact) mass is 152 g/mol. The van der Waals surface area contributed by atoms with Gasteiger partial charge in [0.05, 0.1) is 6.10 Å². The van der Waals surface area contributed by atoms with Crippen LogP contribution in [0.2, 0.25) is 0 Å². The minimum absolute atomic E-state index is 0.0341. The van der Waals surface area contributed by atoms with Crippen LogP contribution in [0.3, 0.4) is 0 Å². The second-order valence-corrected chi connectivity index (χ2v) is 3.24. The van der Waals surface area contributed by atoms with Gasteiger partial charge in [0, 0.05) is 0 Å².